The second-order valence-corrected chi connectivity index (χ2v) is 9.97. The molecule has 0 saturated carbocycles. The average Bonchev–Trinajstić information content (AvgIpc) is 3.23. The zero-order valence-electron chi connectivity index (χ0n) is 20.6. The number of hydrogen-bond acceptors (Lipinski definition) is 2. The fourth-order valence-corrected chi connectivity index (χ4v) is 5.40. The molecule has 0 aliphatic rings. The van der Waals surface area contributed by atoms with E-state index in [4.69, 9.17) is 17.3 Å². The summed E-state index contributed by atoms with van der Waals surface area (Å²) in [6.07, 6.45) is 0.842. The number of phenols is 1. The topological polar surface area (TPSA) is 68.2 Å². The Balaban J connectivity index is 1.53. The largest absolute Gasteiger partial charge is 0.507 e. The van der Waals surface area contributed by atoms with Crippen LogP contribution in [0.1, 0.15) is 27.0 Å². The molecule has 0 atom stereocenters. The molecule has 0 aliphatic heterocycles. The number of primary amides is 1. The number of nitrogens with zero attached hydrogens (tertiary/aromatic N) is 1. The lowest BCUT2D eigenvalue weighted by Crippen LogP contribution is -2.11. The third-order valence-corrected chi connectivity index (χ3v) is 7.25. The lowest BCUT2D eigenvalue weighted by molar-refractivity contribution is 0.100. The summed E-state index contributed by atoms with van der Waals surface area (Å²) >= 11 is 6.11. The SMILES string of the molecule is NC(=O)c1cccc2c1c1c(O)cc(-c3ccc(Cl)cc3)cc1n2Cc1cccc(Cc2ccccc2)c1. The lowest BCUT2D eigenvalue weighted by Gasteiger charge is -2.11. The molecule has 1 aromatic heterocycles. The van der Waals surface area contributed by atoms with Gasteiger partial charge in [-0.3, -0.25) is 4.79 Å². The Morgan fingerprint density at radius 2 is 1.42 bits per heavy atom. The number of rotatable bonds is 6. The zero-order valence-corrected chi connectivity index (χ0v) is 21.3. The molecule has 0 aliphatic carbocycles. The maximum absolute atomic E-state index is 12.4. The Labute approximate surface area is 225 Å². The van der Waals surface area contributed by atoms with Gasteiger partial charge in [0.2, 0.25) is 5.91 Å². The van der Waals surface area contributed by atoms with Gasteiger partial charge in [0, 0.05) is 22.5 Å². The number of fused-ring (bicyclic) bond motifs is 3. The van der Waals surface area contributed by atoms with Gasteiger partial charge >= 0.3 is 0 Å². The maximum Gasteiger partial charge on any atom is 0.249 e. The van der Waals surface area contributed by atoms with E-state index >= 15 is 0 Å². The predicted octanol–water partition coefficient (Wildman–Crippen LogP) is 7.56. The summed E-state index contributed by atoms with van der Waals surface area (Å²) in [6.45, 7) is 0.564. The van der Waals surface area contributed by atoms with Gasteiger partial charge in [0.1, 0.15) is 5.75 Å². The third-order valence-electron chi connectivity index (χ3n) is 7.00. The maximum atomic E-state index is 12.4. The highest BCUT2D eigenvalue weighted by Crippen LogP contribution is 2.40. The van der Waals surface area contributed by atoms with Crippen LogP contribution >= 0.6 is 11.6 Å². The molecule has 0 saturated heterocycles. The monoisotopic (exact) mass is 516 g/mol. The second kappa shape index (κ2) is 9.73. The minimum Gasteiger partial charge on any atom is -0.507 e. The van der Waals surface area contributed by atoms with Crippen LogP contribution in [0.5, 0.6) is 5.75 Å². The summed E-state index contributed by atoms with van der Waals surface area (Å²) < 4.78 is 2.15. The van der Waals surface area contributed by atoms with E-state index in [2.05, 4.69) is 59.2 Å². The molecule has 38 heavy (non-hydrogen) atoms. The van der Waals surface area contributed by atoms with Crippen molar-refractivity contribution in [2.24, 2.45) is 5.73 Å². The van der Waals surface area contributed by atoms with E-state index in [1.54, 1.807) is 12.1 Å². The van der Waals surface area contributed by atoms with Crippen molar-refractivity contribution in [2.75, 3.05) is 0 Å². The van der Waals surface area contributed by atoms with Gasteiger partial charge in [-0.15, -0.1) is 0 Å². The van der Waals surface area contributed by atoms with Crippen LogP contribution in [0.2, 0.25) is 5.02 Å². The highest BCUT2D eigenvalue weighted by molar-refractivity contribution is 6.30. The minimum absolute atomic E-state index is 0.0997. The zero-order chi connectivity index (χ0) is 26.2. The van der Waals surface area contributed by atoms with Gasteiger partial charge in [0.05, 0.1) is 16.4 Å². The van der Waals surface area contributed by atoms with E-state index in [1.807, 2.05) is 42.5 Å². The predicted molar refractivity (Wildman–Crippen MR) is 155 cm³/mol. The Kier molecular flexibility index (Phi) is 6.10. The molecular formula is C33H25ClN2O2. The van der Waals surface area contributed by atoms with Crippen molar-refractivity contribution in [3.8, 4) is 16.9 Å². The third kappa shape index (κ3) is 4.40. The first-order valence-electron chi connectivity index (χ1n) is 12.4. The number of aromatic nitrogens is 1. The van der Waals surface area contributed by atoms with Crippen LogP contribution in [-0.4, -0.2) is 15.6 Å². The van der Waals surface area contributed by atoms with Crippen molar-refractivity contribution in [1.82, 2.24) is 4.57 Å². The van der Waals surface area contributed by atoms with Crippen molar-refractivity contribution < 1.29 is 9.90 Å². The first-order valence-corrected chi connectivity index (χ1v) is 12.8. The summed E-state index contributed by atoms with van der Waals surface area (Å²) in [4.78, 5) is 12.4. The molecule has 5 heteroatoms. The molecule has 6 rings (SSSR count). The number of aromatic hydroxyl groups is 1. The fourth-order valence-electron chi connectivity index (χ4n) is 5.28. The van der Waals surface area contributed by atoms with Crippen LogP contribution < -0.4 is 5.73 Å². The van der Waals surface area contributed by atoms with Crippen molar-refractivity contribution in [1.29, 1.82) is 0 Å². The first kappa shape index (κ1) is 23.8. The smallest absolute Gasteiger partial charge is 0.249 e. The quantitative estimate of drug-likeness (QED) is 0.240. The molecular weight excluding hydrogens is 492 g/mol. The number of hydrogen-bond donors (Lipinski definition) is 2. The molecule has 0 fully saturated rings. The van der Waals surface area contributed by atoms with Crippen molar-refractivity contribution in [3.63, 3.8) is 0 Å². The van der Waals surface area contributed by atoms with Crippen LogP contribution in [0.15, 0.2) is 109 Å². The molecule has 4 nitrogen and oxygen atoms in total. The molecule has 0 radical (unpaired) electrons. The molecule has 0 unspecified atom stereocenters. The summed E-state index contributed by atoms with van der Waals surface area (Å²) in [7, 11) is 0. The highest BCUT2D eigenvalue weighted by Gasteiger charge is 2.20. The van der Waals surface area contributed by atoms with E-state index in [-0.39, 0.29) is 5.75 Å². The van der Waals surface area contributed by atoms with E-state index in [1.165, 1.54) is 11.1 Å². The van der Waals surface area contributed by atoms with Crippen molar-refractivity contribution in [2.45, 2.75) is 13.0 Å². The summed E-state index contributed by atoms with van der Waals surface area (Å²) in [5.41, 5.74) is 13.2. The minimum atomic E-state index is -0.527. The molecule has 6 aromatic rings. The highest BCUT2D eigenvalue weighted by atomic mass is 35.5. The number of carbonyl (C=O) groups is 1. The van der Waals surface area contributed by atoms with E-state index < -0.39 is 5.91 Å². The van der Waals surface area contributed by atoms with Gasteiger partial charge in [0.25, 0.3) is 0 Å². The Hall–Kier alpha value is -4.54. The number of phenolic OH excluding ortho intramolecular Hbond substituents is 1. The number of benzene rings is 5. The molecule has 1 amide bonds. The summed E-state index contributed by atoms with van der Waals surface area (Å²) in [6, 6.07) is 35.7. The number of halogens is 1. The van der Waals surface area contributed by atoms with Gasteiger partial charge in [-0.2, -0.15) is 0 Å². The number of nitrogens with two attached hydrogens (primary N) is 1. The molecule has 1 heterocycles. The summed E-state index contributed by atoms with van der Waals surface area (Å²) in [5, 5.41) is 13.2. The van der Waals surface area contributed by atoms with E-state index in [0.717, 1.165) is 34.1 Å². The van der Waals surface area contributed by atoms with Gasteiger partial charge in [-0.1, -0.05) is 84.4 Å². The van der Waals surface area contributed by atoms with Crippen LogP contribution in [0.4, 0.5) is 0 Å². The standard InChI is InChI=1S/C33H25ClN2O2/c34-26-14-12-24(13-15-26)25-18-29-32(30(37)19-25)31-27(33(35)38)10-5-11-28(31)36(29)20-23-9-4-8-22(17-23)16-21-6-2-1-3-7-21/h1-15,17-19,37H,16,20H2,(H2,35,38). The van der Waals surface area contributed by atoms with Crippen LogP contribution in [0.25, 0.3) is 32.9 Å². The molecule has 0 spiro atoms. The lowest BCUT2D eigenvalue weighted by atomic mass is 10.0. The Morgan fingerprint density at radius 1 is 0.711 bits per heavy atom. The second-order valence-electron chi connectivity index (χ2n) is 9.53. The summed E-state index contributed by atoms with van der Waals surface area (Å²) in [5.74, 6) is -0.427. The molecule has 3 N–H and O–H groups in total. The average molecular weight is 517 g/mol. The van der Waals surface area contributed by atoms with E-state index in [0.29, 0.717) is 27.9 Å². The van der Waals surface area contributed by atoms with Crippen LogP contribution in [0.3, 0.4) is 0 Å². The number of carbonyl (C=O) groups excluding carboxylic acids is 1. The van der Waals surface area contributed by atoms with Gasteiger partial charge in [-0.05, 0) is 70.6 Å². The van der Waals surface area contributed by atoms with Crippen molar-refractivity contribution >= 4 is 39.3 Å². The normalized spacial score (nSPS) is 11.3. The number of amides is 1. The Bertz CT molecular complexity index is 1810. The molecule has 186 valence electrons. The Morgan fingerprint density at radius 3 is 2.18 bits per heavy atom. The van der Waals surface area contributed by atoms with Crippen LogP contribution in [-0.2, 0) is 13.0 Å². The fraction of sp³-hybridized carbons (Fsp3) is 0.0606. The van der Waals surface area contributed by atoms with Gasteiger partial charge in [0.15, 0.2) is 0 Å². The molecule has 5 aromatic carbocycles. The van der Waals surface area contributed by atoms with Gasteiger partial charge < -0.3 is 15.4 Å². The van der Waals surface area contributed by atoms with Crippen molar-refractivity contribution in [3.05, 3.63) is 136 Å². The molecule has 0 bridgehead atoms. The van der Waals surface area contributed by atoms with E-state index in [9.17, 15) is 9.90 Å². The van der Waals surface area contributed by atoms with Crippen LogP contribution in [0, 0.1) is 0 Å². The first-order chi connectivity index (χ1) is 18.5. The van der Waals surface area contributed by atoms with Gasteiger partial charge in [-0.25, -0.2) is 0 Å².